The minimum absolute atomic E-state index is 0.0357. The number of ketones is 1. The molecular formula is C23H24O3. The van der Waals surface area contributed by atoms with E-state index < -0.39 is 12.0 Å². The van der Waals surface area contributed by atoms with Crippen molar-refractivity contribution in [1.29, 1.82) is 0 Å². The Morgan fingerprint density at radius 3 is 2.04 bits per heavy atom. The minimum atomic E-state index is -0.662. The lowest BCUT2D eigenvalue weighted by Gasteiger charge is -2.22. The van der Waals surface area contributed by atoms with Crippen LogP contribution in [0.15, 0.2) is 60.7 Å². The predicted octanol–water partition coefficient (Wildman–Crippen LogP) is 4.48. The average Bonchev–Trinajstić information content (AvgIpc) is 3.47. The van der Waals surface area contributed by atoms with Crippen LogP contribution in [0.4, 0.5) is 0 Å². The molecule has 0 spiro atoms. The van der Waals surface area contributed by atoms with Crippen LogP contribution >= 0.6 is 0 Å². The summed E-state index contributed by atoms with van der Waals surface area (Å²) in [6, 6.07) is 19.9. The summed E-state index contributed by atoms with van der Waals surface area (Å²) in [7, 11) is 0. The van der Waals surface area contributed by atoms with Crippen LogP contribution in [0.1, 0.15) is 49.1 Å². The quantitative estimate of drug-likeness (QED) is 0.571. The fourth-order valence-corrected chi connectivity index (χ4v) is 4.35. The summed E-state index contributed by atoms with van der Waals surface area (Å²) < 4.78 is 5.69. The molecule has 4 rings (SSSR count). The molecule has 3 nitrogen and oxygen atoms in total. The number of Topliss-reactive ketones (excluding diaryl/α,β-unsaturated/α-hetero) is 1. The molecule has 134 valence electrons. The Labute approximate surface area is 154 Å². The highest BCUT2D eigenvalue weighted by molar-refractivity contribution is 6.08. The summed E-state index contributed by atoms with van der Waals surface area (Å²) in [6.07, 6.45) is 2.26. The summed E-state index contributed by atoms with van der Waals surface area (Å²) in [5.74, 6) is -0.744. The van der Waals surface area contributed by atoms with E-state index in [2.05, 4.69) is 0 Å². The second kappa shape index (κ2) is 7.06. The maximum absolute atomic E-state index is 13.3. The highest BCUT2D eigenvalue weighted by Crippen LogP contribution is 2.50. The van der Waals surface area contributed by atoms with Crippen LogP contribution in [-0.4, -0.2) is 17.9 Å². The molecule has 0 amide bonds. The van der Waals surface area contributed by atoms with Crippen LogP contribution in [0.2, 0.25) is 0 Å². The van der Waals surface area contributed by atoms with Gasteiger partial charge in [0.15, 0.2) is 11.9 Å². The number of rotatable bonds is 6. The highest BCUT2D eigenvalue weighted by atomic mass is 16.6. The van der Waals surface area contributed by atoms with Crippen molar-refractivity contribution >= 4 is 11.8 Å². The van der Waals surface area contributed by atoms with Crippen LogP contribution in [0.5, 0.6) is 0 Å². The molecule has 4 atom stereocenters. The van der Waals surface area contributed by atoms with Gasteiger partial charge in [0.1, 0.15) is 5.92 Å². The molecule has 4 unspecified atom stereocenters. The number of carbonyl (C=O) groups excluding carboxylic acids is 2. The van der Waals surface area contributed by atoms with Crippen LogP contribution in [0.3, 0.4) is 0 Å². The van der Waals surface area contributed by atoms with Gasteiger partial charge in [0.05, 0.1) is 0 Å². The van der Waals surface area contributed by atoms with Gasteiger partial charge < -0.3 is 4.74 Å². The standard InChI is InChI=1S/C23H24O3/c1-2-18(15-9-5-3-6-10-15)22-21(24)20(23(25)26-22)19(17-13-14-17)16-11-7-4-8-12-16/h3-12,17-20,22H,2,13-14H2,1H3. The zero-order valence-electron chi connectivity index (χ0n) is 15.0. The zero-order valence-corrected chi connectivity index (χ0v) is 15.0. The summed E-state index contributed by atoms with van der Waals surface area (Å²) in [4.78, 5) is 26.0. The first kappa shape index (κ1) is 17.0. The lowest BCUT2D eigenvalue weighted by Crippen LogP contribution is -2.30. The monoisotopic (exact) mass is 348 g/mol. The van der Waals surface area contributed by atoms with Crippen molar-refractivity contribution in [3.05, 3.63) is 71.8 Å². The largest absolute Gasteiger partial charge is 0.453 e. The molecule has 2 aliphatic rings. The number of hydrogen-bond donors (Lipinski definition) is 0. The maximum Gasteiger partial charge on any atom is 0.318 e. The van der Waals surface area contributed by atoms with E-state index in [1.165, 1.54) is 0 Å². The van der Waals surface area contributed by atoms with Gasteiger partial charge in [0.2, 0.25) is 0 Å². The number of hydrogen-bond acceptors (Lipinski definition) is 3. The molecule has 1 saturated carbocycles. The van der Waals surface area contributed by atoms with Crippen LogP contribution < -0.4 is 0 Å². The van der Waals surface area contributed by atoms with Gasteiger partial charge >= 0.3 is 5.97 Å². The van der Waals surface area contributed by atoms with E-state index >= 15 is 0 Å². The number of ether oxygens (including phenoxy) is 1. The number of esters is 1. The van der Waals surface area contributed by atoms with Crippen molar-refractivity contribution in [1.82, 2.24) is 0 Å². The molecule has 1 aliphatic heterocycles. The van der Waals surface area contributed by atoms with Gasteiger partial charge in [-0.15, -0.1) is 0 Å². The molecule has 2 aromatic rings. The van der Waals surface area contributed by atoms with Gasteiger partial charge in [-0.2, -0.15) is 0 Å². The lowest BCUT2D eigenvalue weighted by atomic mass is 9.77. The Bertz CT molecular complexity index is 780. The normalized spacial score (nSPS) is 25.0. The molecule has 0 aromatic heterocycles. The third kappa shape index (κ3) is 3.07. The van der Waals surface area contributed by atoms with E-state index in [1.807, 2.05) is 67.6 Å². The van der Waals surface area contributed by atoms with Gasteiger partial charge in [-0.3, -0.25) is 9.59 Å². The Morgan fingerprint density at radius 1 is 0.923 bits per heavy atom. The summed E-state index contributed by atoms with van der Waals surface area (Å²) in [5.41, 5.74) is 2.14. The maximum atomic E-state index is 13.3. The van der Waals surface area contributed by atoms with E-state index in [4.69, 9.17) is 4.74 Å². The molecule has 1 aliphatic carbocycles. The number of carbonyl (C=O) groups is 2. The Hall–Kier alpha value is -2.42. The minimum Gasteiger partial charge on any atom is -0.453 e. The molecule has 1 heterocycles. The van der Waals surface area contributed by atoms with E-state index in [0.29, 0.717) is 5.92 Å². The van der Waals surface area contributed by atoms with Gasteiger partial charge in [-0.25, -0.2) is 0 Å². The molecule has 2 fully saturated rings. The first-order valence-corrected chi connectivity index (χ1v) is 9.54. The van der Waals surface area contributed by atoms with Crippen LogP contribution in [-0.2, 0) is 14.3 Å². The smallest absolute Gasteiger partial charge is 0.318 e. The molecule has 0 N–H and O–H groups in total. The molecule has 26 heavy (non-hydrogen) atoms. The average molecular weight is 348 g/mol. The SMILES string of the molecule is CCC(c1ccccc1)C1OC(=O)C(C(c2ccccc2)C2CC2)C1=O. The Morgan fingerprint density at radius 2 is 1.50 bits per heavy atom. The summed E-state index contributed by atoms with van der Waals surface area (Å²) >= 11 is 0. The second-order valence-corrected chi connectivity index (χ2v) is 7.44. The van der Waals surface area contributed by atoms with E-state index in [9.17, 15) is 9.59 Å². The van der Waals surface area contributed by atoms with Crippen molar-refractivity contribution in [2.75, 3.05) is 0 Å². The van der Waals surface area contributed by atoms with Crippen molar-refractivity contribution in [3.63, 3.8) is 0 Å². The van der Waals surface area contributed by atoms with E-state index in [0.717, 1.165) is 30.4 Å². The van der Waals surface area contributed by atoms with Crippen molar-refractivity contribution < 1.29 is 14.3 Å². The fraction of sp³-hybridized carbons (Fsp3) is 0.391. The third-order valence-corrected chi connectivity index (χ3v) is 5.79. The first-order chi connectivity index (χ1) is 12.7. The summed E-state index contributed by atoms with van der Waals surface area (Å²) in [5, 5.41) is 0. The van der Waals surface area contributed by atoms with Gasteiger partial charge in [-0.1, -0.05) is 67.6 Å². The Balaban J connectivity index is 1.64. The molecular weight excluding hydrogens is 324 g/mol. The fourth-order valence-electron chi connectivity index (χ4n) is 4.35. The van der Waals surface area contributed by atoms with Crippen molar-refractivity contribution in [3.8, 4) is 0 Å². The first-order valence-electron chi connectivity index (χ1n) is 9.54. The topological polar surface area (TPSA) is 43.4 Å². The van der Waals surface area contributed by atoms with Crippen molar-refractivity contribution in [2.24, 2.45) is 11.8 Å². The molecule has 0 bridgehead atoms. The van der Waals surface area contributed by atoms with E-state index in [1.54, 1.807) is 0 Å². The zero-order chi connectivity index (χ0) is 18.1. The summed E-state index contributed by atoms with van der Waals surface area (Å²) in [6.45, 7) is 2.04. The third-order valence-electron chi connectivity index (χ3n) is 5.79. The van der Waals surface area contributed by atoms with Crippen LogP contribution in [0, 0.1) is 11.8 Å². The Kier molecular flexibility index (Phi) is 4.62. The van der Waals surface area contributed by atoms with Gasteiger partial charge in [0, 0.05) is 11.8 Å². The van der Waals surface area contributed by atoms with Crippen molar-refractivity contribution in [2.45, 2.75) is 44.1 Å². The number of cyclic esters (lactones) is 1. The van der Waals surface area contributed by atoms with Gasteiger partial charge in [0.25, 0.3) is 0 Å². The highest BCUT2D eigenvalue weighted by Gasteiger charge is 2.53. The molecule has 3 heteroatoms. The molecule has 1 saturated heterocycles. The number of benzene rings is 2. The predicted molar refractivity (Wildman–Crippen MR) is 99.8 cm³/mol. The second-order valence-electron chi connectivity index (χ2n) is 7.44. The van der Waals surface area contributed by atoms with Crippen LogP contribution in [0.25, 0.3) is 0 Å². The lowest BCUT2D eigenvalue weighted by molar-refractivity contribution is -0.145. The van der Waals surface area contributed by atoms with Gasteiger partial charge in [-0.05, 0) is 36.3 Å². The molecule has 0 radical (unpaired) electrons. The molecule has 2 aromatic carbocycles. The van der Waals surface area contributed by atoms with E-state index in [-0.39, 0.29) is 23.6 Å².